The Balaban J connectivity index is 2.63. The van der Waals surface area contributed by atoms with E-state index < -0.39 is 10.0 Å². The third kappa shape index (κ3) is 3.47. The van der Waals surface area contributed by atoms with Crippen molar-refractivity contribution in [1.82, 2.24) is 0 Å². The van der Waals surface area contributed by atoms with Crippen LogP contribution in [0, 0.1) is 0 Å². The first-order valence-corrected chi connectivity index (χ1v) is 9.15. The molecule has 0 fully saturated rings. The van der Waals surface area contributed by atoms with E-state index in [1.54, 1.807) is 13.0 Å². The highest BCUT2D eigenvalue weighted by atomic mass is 35.5. The molecule has 22 heavy (non-hydrogen) atoms. The van der Waals surface area contributed by atoms with Crippen molar-refractivity contribution in [3.63, 3.8) is 0 Å². The topological polar surface area (TPSA) is 37.4 Å². The molecule has 0 amide bonds. The van der Waals surface area contributed by atoms with Gasteiger partial charge in [0.15, 0.2) is 0 Å². The minimum absolute atomic E-state index is 0.0837. The molecule has 0 N–H and O–H groups in total. The largest absolute Gasteiger partial charge is 0.265 e. The summed E-state index contributed by atoms with van der Waals surface area (Å²) >= 11 is 24.0. The third-order valence-corrected chi connectivity index (χ3v) is 6.09. The molecule has 0 saturated carbocycles. The first-order chi connectivity index (χ1) is 10.3. The lowest BCUT2D eigenvalue weighted by molar-refractivity contribution is 0.592. The van der Waals surface area contributed by atoms with Gasteiger partial charge in [-0.25, -0.2) is 8.42 Å². The molecule has 0 radical (unpaired) electrons. The van der Waals surface area contributed by atoms with E-state index >= 15 is 0 Å². The van der Waals surface area contributed by atoms with Crippen LogP contribution in [0.25, 0.3) is 0 Å². The van der Waals surface area contributed by atoms with Crippen LogP contribution in [0.1, 0.15) is 6.92 Å². The van der Waals surface area contributed by atoms with Crippen molar-refractivity contribution < 1.29 is 8.42 Å². The van der Waals surface area contributed by atoms with E-state index in [1.807, 2.05) is 0 Å². The summed E-state index contributed by atoms with van der Waals surface area (Å²) < 4.78 is 26.9. The van der Waals surface area contributed by atoms with Crippen LogP contribution in [-0.2, 0) is 10.0 Å². The van der Waals surface area contributed by atoms with Crippen molar-refractivity contribution in [3.05, 3.63) is 56.5 Å². The summed E-state index contributed by atoms with van der Waals surface area (Å²) in [5, 5.41) is 1.01. The average Bonchev–Trinajstić information content (AvgIpc) is 2.45. The van der Waals surface area contributed by atoms with Crippen molar-refractivity contribution in [3.8, 4) is 0 Å². The zero-order chi connectivity index (χ0) is 16.5. The van der Waals surface area contributed by atoms with E-state index in [0.29, 0.717) is 5.02 Å². The molecule has 0 aliphatic carbocycles. The van der Waals surface area contributed by atoms with Crippen molar-refractivity contribution in [2.24, 2.45) is 0 Å². The maximum atomic E-state index is 12.9. The van der Waals surface area contributed by atoms with Gasteiger partial charge in [-0.2, -0.15) is 0 Å². The molecule has 0 bridgehead atoms. The SMILES string of the molecule is CCN(c1cc(Cl)ccc1Cl)S(=O)(=O)c1cc(Cl)ccc1Cl. The predicted octanol–water partition coefficient (Wildman–Crippen LogP) is 5.52. The fraction of sp³-hybridized carbons (Fsp3) is 0.143. The Hall–Kier alpha value is -0.650. The third-order valence-electron chi connectivity index (χ3n) is 2.93. The Labute approximate surface area is 149 Å². The minimum atomic E-state index is -3.92. The standard InChI is InChI=1S/C14H11Cl4NO2S/c1-2-19(13-7-9(15)3-5-11(13)17)22(20,21)14-8-10(16)4-6-12(14)18/h3-8H,2H2,1H3. The molecule has 0 aliphatic heterocycles. The van der Waals surface area contributed by atoms with Crippen LogP contribution in [0.3, 0.4) is 0 Å². The first-order valence-electron chi connectivity index (χ1n) is 6.20. The number of benzene rings is 2. The van der Waals surface area contributed by atoms with Crippen molar-refractivity contribution in [1.29, 1.82) is 0 Å². The number of anilines is 1. The van der Waals surface area contributed by atoms with Gasteiger partial charge in [0.2, 0.25) is 0 Å². The molecule has 8 heteroatoms. The molecule has 0 spiro atoms. The van der Waals surface area contributed by atoms with E-state index in [1.165, 1.54) is 30.3 Å². The summed E-state index contributed by atoms with van der Waals surface area (Å²) in [4.78, 5) is -0.0837. The highest BCUT2D eigenvalue weighted by molar-refractivity contribution is 7.93. The van der Waals surface area contributed by atoms with Crippen LogP contribution in [0.2, 0.25) is 20.1 Å². The Morgan fingerprint density at radius 1 is 0.909 bits per heavy atom. The molecule has 2 aromatic carbocycles. The minimum Gasteiger partial charge on any atom is -0.265 e. The highest BCUT2D eigenvalue weighted by Crippen LogP contribution is 2.35. The fourth-order valence-electron chi connectivity index (χ4n) is 1.94. The van der Waals surface area contributed by atoms with Gasteiger partial charge >= 0.3 is 0 Å². The molecule has 0 heterocycles. The van der Waals surface area contributed by atoms with Gasteiger partial charge in [0, 0.05) is 16.6 Å². The molecular weight excluding hydrogens is 388 g/mol. The second-order valence-electron chi connectivity index (χ2n) is 4.34. The van der Waals surface area contributed by atoms with Crippen LogP contribution >= 0.6 is 46.4 Å². The van der Waals surface area contributed by atoms with Crippen LogP contribution in [0.4, 0.5) is 5.69 Å². The van der Waals surface area contributed by atoms with Crippen LogP contribution in [0.5, 0.6) is 0 Å². The maximum absolute atomic E-state index is 12.9. The van der Waals surface area contributed by atoms with Gasteiger partial charge in [0.1, 0.15) is 4.90 Å². The van der Waals surface area contributed by atoms with Gasteiger partial charge in [0.25, 0.3) is 10.0 Å². The lowest BCUT2D eigenvalue weighted by Gasteiger charge is -2.24. The number of nitrogens with zero attached hydrogens (tertiary/aromatic N) is 1. The molecule has 0 aliphatic rings. The zero-order valence-corrected chi connectivity index (χ0v) is 15.2. The molecule has 3 nitrogen and oxygen atoms in total. The van der Waals surface area contributed by atoms with E-state index in [0.717, 1.165) is 4.31 Å². The average molecular weight is 399 g/mol. The number of rotatable bonds is 4. The van der Waals surface area contributed by atoms with Gasteiger partial charge in [-0.15, -0.1) is 0 Å². The van der Waals surface area contributed by atoms with Gasteiger partial charge in [-0.3, -0.25) is 4.31 Å². The second-order valence-corrected chi connectivity index (χ2v) is 7.86. The lowest BCUT2D eigenvalue weighted by atomic mass is 10.3. The quantitative estimate of drug-likeness (QED) is 0.680. The van der Waals surface area contributed by atoms with E-state index in [-0.39, 0.29) is 32.2 Å². The highest BCUT2D eigenvalue weighted by Gasteiger charge is 2.28. The van der Waals surface area contributed by atoms with Gasteiger partial charge in [0.05, 0.1) is 15.7 Å². The molecule has 2 rings (SSSR count). The fourth-order valence-corrected chi connectivity index (χ4v) is 4.60. The molecule has 2 aromatic rings. The molecule has 118 valence electrons. The molecule has 0 atom stereocenters. The van der Waals surface area contributed by atoms with E-state index in [4.69, 9.17) is 46.4 Å². The summed E-state index contributed by atoms with van der Waals surface area (Å²) in [6.45, 7) is 1.85. The maximum Gasteiger partial charge on any atom is 0.265 e. The normalized spacial score (nSPS) is 11.5. The molecule has 0 aromatic heterocycles. The van der Waals surface area contributed by atoms with Gasteiger partial charge in [-0.1, -0.05) is 46.4 Å². The van der Waals surface area contributed by atoms with Crippen molar-refractivity contribution in [2.75, 3.05) is 10.8 Å². The van der Waals surface area contributed by atoms with Crippen molar-refractivity contribution >= 4 is 62.1 Å². The monoisotopic (exact) mass is 397 g/mol. The second kappa shape index (κ2) is 6.85. The lowest BCUT2D eigenvalue weighted by Crippen LogP contribution is -2.31. The van der Waals surface area contributed by atoms with Crippen molar-refractivity contribution in [2.45, 2.75) is 11.8 Å². The van der Waals surface area contributed by atoms with Crippen LogP contribution < -0.4 is 4.31 Å². The summed E-state index contributed by atoms with van der Waals surface area (Å²) in [5.41, 5.74) is 0.285. The summed E-state index contributed by atoms with van der Waals surface area (Å²) in [5.74, 6) is 0. The smallest absolute Gasteiger partial charge is 0.265 e. The van der Waals surface area contributed by atoms with Crippen LogP contribution in [0.15, 0.2) is 41.3 Å². The number of sulfonamides is 1. The van der Waals surface area contributed by atoms with Crippen LogP contribution in [-0.4, -0.2) is 15.0 Å². The number of hydrogen-bond donors (Lipinski definition) is 0. The Bertz CT molecular complexity index is 808. The summed E-state index contributed by atoms with van der Waals surface area (Å²) in [6.07, 6.45) is 0. The summed E-state index contributed by atoms with van der Waals surface area (Å²) in [7, 11) is -3.92. The molecule has 0 unspecified atom stereocenters. The predicted molar refractivity (Wildman–Crippen MR) is 93.1 cm³/mol. The van der Waals surface area contributed by atoms with E-state index in [2.05, 4.69) is 0 Å². The molecule has 0 saturated heterocycles. The van der Waals surface area contributed by atoms with E-state index in [9.17, 15) is 8.42 Å². The number of hydrogen-bond acceptors (Lipinski definition) is 2. The Kier molecular flexibility index (Phi) is 5.51. The Morgan fingerprint density at radius 3 is 2.05 bits per heavy atom. The summed E-state index contributed by atoms with van der Waals surface area (Å²) in [6, 6.07) is 8.87. The van der Waals surface area contributed by atoms with Gasteiger partial charge in [-0.05, 0) is 43.3 Å². The number of halogens is 4. The molecular formula is C14H11Cl4NO2S. The zero-order valence-electron chi connectivity index (χ0n) is 11.4. The first kappa shape index (κ1) is 17.7. The van der Waals surface area contributed by atoms with Gasteiger partial charge < -0.3 is 0 Å². The Morgan fingerprint density at radius 2 is 1.45 bits per heavy atom.